The van der Waals surface area contributed by atoms with Crippen LogP contribution < -0.4 is 15.5 Å². The highest BCUT2D eigenvalue weighted by atomic mass is 79.9. The van der Waals surface area contributed by atoms with Gasteiger partial charge in [0.2, 0.25) is 0 Å². The van der Waals surface area contributed by atoms with E-state index < -0.39 is 0 Å². The fourth-order valence-corrected chi connectivity index (χ4v) is 8.00. The normalized spacial score (nSPS) is 10.4. The average molecular weight is 905 g/mol. The summed E-state index contributed by atoms with van der Waals surface area (Å²) in [4.78, 5) is 4.55. The highest BCUT2D eigenvalue weighted by molar-refractivity contribution is 9.10. The summed E-state index contributed by atoms with van der Waals surface area (Å²) in [6.07, 6.45) is 0.903. The topological polar surface area (TPSA) is 32.5 Å². The summed E-state index contributed by atoms with van der Waals surface area (Å²) in [5.41, 5.74) is 20.9. The van der Waals surface area contributed by atoms with Crippen LogP contribution in [0.1, 0.15) is 11.1 Å². The van der Waals surface area contributed by atoms with E-state index in [0.29, 0.717) is 0 Å². The predicted octanol–water partition coefficient (Wildman–Crippen LogP) is 17.3. The van der Waals surface area contributed by atoms with Crippen LogP contribution in [-0.2, 0) is 6.42 Å². The van der Waals surface area contributed by atoms with Crippen LogP contribution in [0.2, 0.25) is 0 Å². The number of hydrogen-bond acceptors (Lipinski definition) is 3. The molecule has 0 aliphatic rings. The highest BCUT2D eigenvalue weighted by Crippen LogP contribution is 2.36. The SMILES string of the molecule is Brc1cccc(N(c2ccccc2)c2ccccc2)c1.Nc1ccc(-c2ccccc2)cc1.c1ccc(-c2ccc(Cc3cccc(N(c4ccccc4)c4ccccc4)c3)cc2)cc1. The molecular weight excluding hydrogens is 855 g/mol. The summed E-state index contributed by atoms with van der Waals surface area (Å²) in [6, 6.07) is 96.6. The van der Waals surface area contributed by atoms with Crippen molar-refractivity contribution in [3.63, 3.8) is 0 Å². The van der Waals surface area contributed by atoms with Gasteiger partial charge in [0.05, 0.1) is 0 Å². The van der Waals surface area contributed by atoms with E-state index in [1.807, 2.05) is 60.7 Å². The van der Waals surface area contributed by atoms with Crippen LogP contribution in [0, 0.1) is 0 Å². The second kappa shape index (κ2) is 22.4. The van der Waals surface area contributed by atoms with Gasteiger partial charge >= 0.3 is 0 Å². The lowest BCUT2D eigenvalue weighted by Crippen LogP contribution is -2.10. The van der Waals surface area contributed by atoms with Gasteiger partial charge in [-0.05, 0) is 131 Å². The number of halogens is 1. The van der Waals surface area contributed by atoms with Gasteiger partial charge in [0, 0.05) is 44.3 Å². The van der Waals surface area contributed by atoms with E-state index in [1.54, 1.807) is 0 Å². The van der Waals surface area contributed by atoms with Crippen molar-refractivity contribution in [1.82, 2.24) is 0 Å². The van der Waals surface area contributed by atoms with Crippen LogP contribution in [-0.4, -0.2) is 0 Å². The zero-order valence-corrected chi connectivity index (χ0v) is 37.7. The fraction of sp³-hybridized carbons (Fsp3) is 0.0164. The molecule has 10 aromatic rings. The number of nitrogens with two attached hydrogens (primary N) is 1. The predicted molar refractivity (Wildman–Crippen MR) is 281 cm³/mol. The second-order valence-corrected chi connectivity index (χ2v) is 16.3. The zero-order chi connectivity index (χ0) is 44.5. The Morgan fingerprint density at radius 1 is 0.277 bits per heavy atom. The number of nitrogen functional groups attached to an aromatic ring is 1. The van der Waals surface area contributed by atoms with Gasteiger partial charge in [-0.25, -0.2) is 0 Å². The third-order valence-corrected chi connectivity index (χ3v) is 11.3. The van der Waals surface area contributed by atoms with Crippen LogP contribution in [0.25, 0.3) is 22.3 Å². The van der Waals surface area contributed by atoms with Crippen LogP contribution in [0.3, 0.4) is 0 Å². The largest absolute Gasteiger partial charge is 0.399 e. The Labute approximate surface area is 392 Å². The maximum absolute atomic E-state index is 5.60. The minimum absolute atomic E-state index is 0.805. The first-order chi connectivity index (χ1) is 32.1. The lowest BCUT2D eigenvalue weighted by Gasteiger charge is -2.25. The van der Waals surface area contributed by atoms with Gasteiger partial charge in [-0.15, -0.1) is 0 Å². The number of anilines is 7. The average Bonchev–Trinajstić information content (AvgIpc) is 3.37. The molecule has 2 N–H and O–H groups in total. The standard InChI is InChI=1S/C31H25N.C18H14BrN.C12H11N/c1-4-12-27(13-5-1)28-21-19-25(20-22-28)23-26-11-10-18-31(24-26)32(29-14-6-2-7-15-29)30-16-8-3-9-17-30;19-15-8-7-13-18(14-15)20(16-9-3-1-4-10-16)17-11-5-2-6-12-17;13-12-8-6-11(7-9-12)10-4-2-1-3-5-10/h1-22,24H,23H2;1-14H;1-9H,13H2. The van der Waals surface area contributed by atoms with Crippen molar-refractivity contribution < 1.29 is 0 Å². The van der Waals surface area contributed by atoms with Gasteiger partial charge in [0.1, 0.15) is 0 Å². The van der Waals surface area contributed by atoms with Crippen LogP contribution in [0.5, 0.6) is 0 Å². The molecule has 4 heteroatoms. The van der Waals surface area contributed by atoms with E-state index in [0.717, 1.165) is 45.0 Å². The van der Waals surface area contributed by atoms with E-state index in [1.165, 1.54) is 39.1 Å². The molecule has 0 heterocycles. The third-order valence-electron chi connectivity index (χ3n) is 10.8. The van der Waals surface area contributed by atoms with Crippen molar-refractivity contribution in [3.05, 3.63) is 295 Å². The van der Waals surface area contributed by atoms with Crippen molar-refractivity contribution in [2.45, 2.75) is 6.42 Å². The first-order valence-corrected chi connectivity index (χ1v) is 22.6. The number of para-hydroxylation sites is 4. The molecule has 0 unspecified atom stereocenters. The molecule has 0 saturated carbocycles. The lowest BCUT2D eigenvalue weighted by atomic mass is 10.00. The van der Waals surface area contributed by atoms with Crippen LogP contribution in [0.4, 0.5) is 39.8 Å². The summed E-state index contributed by atoms with van der Waals surface area (Å²) >= 11 is 3.55. The molecule has 10 rings (SSSR count). The summed E-state index contributed by atoms with van der Waals surface area (Å²) < 4.78 is 1.08. The van der Waals surface area contributed by atoms with E-state index in [4.69, 9.17) is 5.73 Å². The highest BCUT2D eigenvalue weighted by Gasteiger charge is 2.13. The molecule has 316 valence electrons. The summed E-state index contributed by atoms with van der Waals surface area (Å²) in [6.45, 7) is 0. The van der Waals surface area contributed by atoms with E-state index in [2.05, 4.69) is 244 Å². The van der Waals surface area contributed by atoms with Crippen LogP contribution >= 0.6 is 15.9 Å². The lowest BCUT2D eigenvalue weighted by molar-refractivity contribution is 1.18. The molecule has 0 atom stereocenters. The molecule has 65 heavy (non-hydrogen) atoms. The first kappa shape index (κ1) is 43.7. The van der Waals surface area contributed by atoms with Crippen molar-refractivity contribution in [2.24, 2.45) is 0 Å². The Hall–Kier alpha value is -7.92. The van der Waals surface area contributed by atoms with Crippen molar-refractivity contribution in [2.75, 3.05) is 15.5 Å². The fourth-order valence-electron chi connectivity index (χ4n) is 7.61. The Morgan fingerprint density at radius 2 is 0.600 bits per heavy atom. The Balaban J connectivity index is 0.000000148. The summed E-state index contributed by atoms with van der Waals surface area (Å²) in [7, 11) is 0. The summed E-state index contributed by atoms with van der Waals surface area (Å²) in [5.74, 6) is 0. The first-order valence-electron chi connectivity index (χ1n) is 21.8. The molecule has 0 amide bonds. The molecule has 3 nitrogen and oxygen atoms in total. The van der Waals surface area contributed by atoms with E-state index in [-0.39, 0.29) is 0 Å². The number of nitrogens with zero attached hydrogens (tertiary/aromatic N) is 2. The molecule has 0 bridgehead atoms. The minimum atomic E-state index is 0.805. The second-order valence-electron chi connectivity index (χ2n) is 15.4. The molecule has 0 aromatic heterocycles. The van der Waals surface area contributed by atoms with Gasteiger partial charge in [-0.1, -0.05) is 204 Å². The van der Waals surface area contributed by atoms with E-state index >= 15 is 0 Å². The van der Waals surface area contributed by atoms with Crippen LogP contribution in [0.15, 0.2) is 284 Å². The Morgan fingerprint density at radius 3 is 1.00 bits per heavy atom. The Bertz CT molecular complexity index is 2850. The molecule has 0 radical (unpaired) electrons. The van der Waals surface area contributed by atoms with Gasteiger partial charge in [-0.2, -0.15) is 0 Å². The van der Waals surface area contributed by atoms with Gasteiger partial charge in [0.25, 0.3) is 0 Å². The molecule has 0 aliphatic heterocycles. The zero-order valence-electron chi connectivity index (χ0n) is 36.1. The van der Waals surface area contributed by atoms with Gasteiger partial charge in [-0.3, -0.25) is 0 Å². The number of hydrogen-bond donors (Lipinski definition) is 1. The van der Waals surface area contributed by atoms with E-state index in [9.17, 15) is 0 Å². The molecular formula is C61H50BrN3. The maximum atomic E-state index is 5.60. The monoisotopic (exact) mass is 903 g/mol. The van der Waals surface area contributed by atoms with Crippen molar-refractivity contribution in [3.8, 4) is 22.3 Å². The molecule has 0 aliphatic carbocycles. The molecule has 0 fully saturated rings. The van der Waals surface area contributed by atoms with Crippen molar-refractivity contribution >= 4 is 55.7 Å². The Kier molecular flexibility index (Phi) is 15.1. The molecule has 0 spiro atoms. The number of rotatable bonds is 10. The summed E-state index contributed by atoms with van der Waals surface area (Å²) in [5, 5.41) is 0. The smallest absolute Gasteiger partial charge is 0.0472 e. The number of benzene rings is 10. The quantitative estimate of drug-likeness (QED) is 0.139. The van der Waals surface area contributed by atoms with Gasteiger partial charge in [0.15, 0.2) is 0 Å². The minimum Gasteiger partial charge on any atom is -0.399 e. The third kappa shape index (κ3) is 12.2. The van der Waals surface area contributed by atoms with Crippen molar-refractivity contribution in [1.29, 1.82) is 0 Å². The molecule has 0 saturated heterocycles. The molecule has 10 aromatic carbocycles. The maximum Gasteiger partial charge on any atom is 0.0472 e. The van der Waals surface area contributed by atoms with Gasteiger partial charge < -0.3 is 15.5 Å².